The first-order valence-corrected chi connectivity index (χ1v) is 9.90. The quantitative estimate of drug-likeness (QED) is 0.693. The molecule has 0 saturated carbocycles. The zero-order valence-corrected chi connectivity index (χ0v) is 17.3. The summed E-state index contributed by atoms with van der Waals surface area (Å²) in [5, 5.41) is 6.52. The Morgan fingerprint density at radius 1 is 0.935 bits per heavy atom. The topological polar surface area (TPSA) is 109 Å². The number of amides is 3. The molecule has 0 spiro atoms. The van der Waals surface area contributed by atoms with E-state index >= 15 is 0 Å². The molecule has 0 unspecified atom stereocenters. The van der Waals surface area contributed by atoms with Crippen LogP contribution in [0.1, 0.15) is 42.7 Å². The molecule has 1 aliphatic heterocycles. The van der Waals surface area contributed by atoms with Crippen molar-refractivity contribution in [3.63, 3.8) is 0 Å². The molecule has 3 aromatic rings. The molecular weight excluding hydrogens is 400 g/mol. The van der Waals surface area contributed by atoms with E-state index < -0.39 is 0 Å². The van der Waals surface area contributed by atoms with Gasteiger partial charge >= 0.3 is 0 Å². The number of carbonyl (C=O) groups excluding carboxylic acids is 3. The summed E-state index contributed by atoms with van der Waals surface area (Å²) in [4.78, 5) is 41.1. The van der Waals surface area contributed by atoms with Gasteiger partial charge < -0.3 is 24.1 Å². The van der Waals surface area contributed by atoms with E-state index in [0.717, 1.165) is 5.56 Å². The summed E-state index contributed by atoms with van der Waals surface area (Å²) in [6.45, 7) is 5.21. The number of hydrogen-bond donors (Lipinski definition) is 1. The smallest absolute Gasteiger partial charge is 0.292 e. The van der Waals surface area contributed by atoms with Crippen LogP contribution in [0.5, 0.6) is 0 Å². The van der Waals surface area contributed by atoms with E-state index in [-0.39, 0.29) is 29.2 Å². The lowest BCUT2D eigenvalue weighted by Gasteiger charge is -2.34. The van der Waals surface area contributed by atoms with E-state index in [1.54, 1.807) is 53.1 Å². The van der Waals surface area contributed by atoms with Gasteiger partial charge in [0.05, 0.1) is 12.0 Å². The van der Waals surface area contributed by atoms with Crippen LogP contribution in [0.25, 0.3) is 0 Å². The first-order valence-electron chi connectivity index (χ1n) is 9.90. The predicted molar refractivity (Wildman–Crippen MR) is 111 cm³/mol. The molecule has 3 heterocycles. The van der Waals surface area contributed by atoms with Gasteiger partial charge in [-0.2, -0.15) is 0 Å². The van der Waals surface area contributed by atoms with Crippen LogP contribution in [-0.4, -0.2) is 58.9 Å². The number of carbonyl (C=O) groups is 3. The second-order valence-electron chi connectivity index (χ2n) is 7.38. The maximum absolute atomic E-state index is 13.0. The third-order valence-electron chi connectivity index (χ3n) is 5.17. The largest absolute Gasteiger partial charge is 0.459 e. The standard InChI is InChI=1S/C22H22N4O5/c1-14-5-6-16(13-17(14)23-20(27)18-4-3-11-30-18)21(28)25-7-9-26(10-8-25)22(29)19-12-15(2)24-31-19/h3-6,11-13H,7-10H2,1-2H3,(H,23,27). The van der Waals surface area contributed by atoms with Crippen LogP contribution < -0.4 is 5.32 Å². The van der Waals surface area contributed by atoms with Crippen molar-refractivity contribution in [2.24, 2.45) is 0 Å². The number of rotatable bonds is 4. The fourth-order valence-corrected chi connectivity index (χ4v) is 3.40. The van der Waals surface area contributed by atoms with Crippen LogP contribution in [0, 0.1) is 13.8 Å². The Labute approximate surface area is 178 Å². The van der Waals surface area contributed by atoms with Gasteiger partial charge in [0.1, 0.15) is 0 Å². The van der Waals surface area contributed by atoms with Crippen molar-refractivity contribution in [2.45, 2.75) is 13.8 Å². The Morgan fingerprint density at radius 3 is 2.26 bits per heavy atom. The molecule has 4 rings (SSSR count). The van der Waals surface area contributed by atoms with Crippen LogP contribution >= 0.6 is 0 Å². The first kappa shape index (κ1) is 20.4. The summed E-state index contributed by atoms with van der Waals surface area (Å²) < 4.78 is 10.2. The van der Waals surface area contributed by atoms with Gasteiger partial charge in [0, 0.05) is 43.5 Å². The fourth-order valence-electron chi connectivity index (χ4n) is 3.40. The van der Waals surface area contributed by atoms with Crippen molar-refractivity contribution in [1.29, 1.82) is 0 Å². The second kappa shape index (κ2) is 8.47. The van der Waals surface area contributed by atoms with Crippen molar-refractivity contribution < 1.29 is 23.3 Å². The molecule has 1 saturated heterocycles. The molecule has 2 aromatic heterocycles. The molecular formula is C22H22N4O5. The van der Waals surface area contributed by atoms with Gasteiger partial charge in [0.25, 0.3) is 17.7 Å². The molecule has 0 aliphatic carbocycles. The second-order valence-corrected chi connectivity index (χ2v) is 7.38. The molecule has 0 radical (unpaired) electrons. The van der Waals surface area contributed by atoms with Crippen LogP contribution in [0.4, 0.5) is 5.69 Å². The van der Waals surface area contributed by atoms with Crippen molar-refractivity contribution in [1.82, 2.24) is 15.0 Å². The van der Waals surface area contributed by atoms with Crippen LogP contribution in [0.15, 0.2) is 51.6 Å². The van der Waals surface area contributed by atoms with E-state index in [1.165, 1.54) is 6.26 Å². The number of piperazine rings is 1. The highest BCUT2D eigenvalue weighted by Crippen LogP contribution is 2.20. The lowest BCUT2D eigenvalue weighted by atomic mass is 10.1. The molecule has 1 fully saturated rings. The number of aromatic nitrogens is 1. The summed E-state index contributed by atoms with van der Waals surface area (Å²) in [6, 6.07) is 9.99. The zero-order chi connectivity index (χ0) is 22.0. The number of hydrogen-bond acceptors (Lipinski definition) is 6. The first-order chi connectivity index (χ1) is 14.9. The number of benzene rings is 1. The molecule has 160 valence electrons. The predicted octanol–water partition coefficient (Wildman–Crippen LogP) is 2.73. The highest BCUT2D eigenvalue weighted by molar-refractivity contribution is 6.04. The Hall–Kier alpha value is -3.88. The minimum absolute atomic E-state index is 0.156. The number of anilines is 1. The van der Waals surface area contributed by atoms with Crippen molar-refractivity contribution in [2.75, 3.05) is 31.5 Å². The van der Waals surface area contributed by atoms with Gasteiger partial charge in [-0.3, -0.25) is 14.4 Å². The molecule has 31 heavy (non-hydrogen) atoms. The van der Waals surface area contributed by atoms with Crippen molar-refractivity contribution >= 4 is 23.4 Å². The van der Waals surface area contributed by atoms with Gasteiger partial charge in [0.15, 0.2) is 5.76 Å². The lowest BCUT2D eigenvalue weighted by molar-refractivity contribution is 0.0512. The summed E-state index contributed by atoms with van der Waals surface area (Å²) in [6.07, 6.45) is 1.43. The van der Waals surface area contributed by atoms with Gasteiger partial charge in [-0.25, -0.2) is 0 Å². The number of aryl methyl sites for hydroxylation is 2. The summed E-state index contributed by atoms with van der Waals surface area (Å²) >= 11 is 0. The normalized spacial score (nSPS) is 13.9. The Morgan fingerprint density at radius 2 is 1.65 bits per heavy atom. The number of furan rings is 1. The highest BCUT2D eigenvalue weighted by atomic mass is 16.5. The minimum atomic E-state index is -0.382. The molecule has 1 aliphatic rings. The Kier molecular flexibility index (Phi) is 5.57. The summed E-state index contributed by atoms with van der Waals surface area (Å²) in [5.74, 6) is -0.374. The number of nitrogens with zero attached hydrogens (tertiary/aromatic N) is 3. The van der Waals surface area contributed by atoms with E-state index in [9.17, 15) is 14.4 Å². The SMILES string of the molecule is Cc1cc(C(=O)N2CCN(C(=O)c3ccc(C)c(NC(=O)c4ccco4)c3)CC2)on1. The maximum Gasteiger partial charge on any atom is 0.292 e. The molecule has 1 aromatic carbocycles. The van der Waals surface area contributed by atoms with Crippen LogP contribution in [0.3, 0.4) is 0 Å². The average molecular weight is 422 g/mol. The van der Waals surface area contributed by atoms with E-state index in [0.29, 0.717) is 43.1 Å². The van der Waals surface area contributed by atoms with Gasteiger partial charge in [-0.1, -0.05) is 11.2 Å². The molecule has 3 amide bonds. The Bertz CT molecular complexity index is 1110. The molecule has 0 atom stereocenters. The highest BCUT2D eigenvalue weighted by Gasteiger charge is 2.27. The van der Waals surface area contributed by atoms with Crippen LogP contribution in [-0.2, 0) is 0 Å². The molecule has 0 bridgehead atoms. The maximum atomic E-state index is 13.0. The van der Waals surface area contributed by atoms with Gasteiger partial charge in [-0.05, 0) is 43.7 Å². The summed E-state index contributed by atoms with van der Waals surface area (Å²) in [5.41, 5.74) is 2.48. The van der Waals surface area contributed by atoms with E-state index in [4.69, 9.17) is 8.94 Å². The Balaban J connectivity index is 1.41. The average Bonchev–Trinajstić information content (AvgIpc) is 3.46. The van der Waals surface area contributed by atoms with Crippen molar-refractivity contribution in [3.8, 4) is 0 Å². The molecule has 9 heteroatoms. The van der Waals surface area contributed by atoms with Crippen molar-refractivity contribution in [3.05, 3.63) is 71.0 Å². The number of nitrogens with one attached hydrogen (secondary N) is 1. The minimum Gasteiger partial charge on any atom is -0.459 e. The summed E-state index contributed by atoms with van der Waals surface area (Å²) in [7, 11) is 0. The molecule has 9 nitrogen and oxygen atoms in total. The fraction of sp³-hybridized carbons (Fsp3) is 0.273. The van der Waals surface area contributed by atoms with E-state index in [1.807, 2.05) is 6.92 Å². The van der Waals surface area contributed by atoms with Gasteiger partial charge in [0.2, 0.25) is 5.76 Å². The zero-order valence-electron chi connectivity index (χ0n) is 17.3. The van der Waals surface area contributed by atoms with Gasteiger partial charge in [-0.15, -0.1) is 0 Å². The lowest BCUT2D eigenvalue weighted by Crippen LogP contribution is -2.50. The third kappa shape index (κ3) is 4.35. The van der Waals surface area contributed by atoms with E-state index in [2.05, 4.69) is 10.5 Å². The van der Waals surface area contributed by atoms with Crippen LogP contribution in [0.2, 0.25) is 0 Å². The monoisotopic (exact) mass is 422 g/mol. The molecule has 1 N–H and O–H groups in total. The third-order valence-corrected chi connectivity index (χ3v) is 5.17.